The Balaban J connectivity index is 0.000000257. The molecule has 0 radical (unpaired) electrons. The number of ether oxygens (including phenoxy) is 2. The summed E-state index contributed by atoms with van der Waals surface area (Å²) >= 11 is 19.8. The molecular weight excluding hydrogens is 1050 g/mol. The maximum absolute atomic E-state index is 11.9. The minimum absolute atomic E-state index is 0. The fourth-order valence-electron chi connectivity index (χ4n) is 4.77. The van der Waals surface area contributed by atoms with Crippen LogP contribution < -0.4 is 19.7 Å². The number of aryl methyl sites for hydroxylation is 2. The quantitative estimate of drug-likeness (QED) is 0.0759. The number of aliphatic imine (C=N–C) groups is 2. The Morgan fingerprint density at radius 1 is 0.625 bits per heavy atom. The zero-order valence-electron chi connectivity index (χ0n) is 26.8. The van der Waals surface area contributed by atoms with E-state index < -0.39 is 11.5 Å². The van der Waals surface area contributed by atoms with Crippen molar-refractivity contribution >= 4 is 119 Å². The van der Waals surface area contributed by atoms with Crippen molar-refractivity contribution < 1.29 is 36.2 Å². The summed E-state index contributed by atoms with van der Waals surface area (Å²) in [6, 6.07) is 12.8. The first-order chi connectivity index (χ1) is 22.1. The normalized spacial score (nSPS) is 12.2. The molecule has 48 heavy (non-hydrogen) atoms. The van der Waals surface area contributed by atoms with E-state index in [1.807, 2.05) is 13.1 Å². The third kappa shape index (κ3) is 8.63. The molecule has 0 amide bonds. The molecule has 13 heteroatoms. The van der Waals surface area contributed by atoms with Gasteiger partial charge in [-0.1, -0.05) is 75.6 Å². The molecule has 0 spiro atoms. The van der Waals surface area contributed by atoms with Crippen molar-refractivity contribution in [1.82, 2.24) is 0 Å². The molecule has 0 atom stereocenters. The predicted octanol–water partition coefficient (Wildman–Crippen LogP) is 13.3. The Labute approximate surface area is 341 Å². The Morgan fingerprint density at radius 3 is 1.40 bits per heavy atom. The van der Waals surface area contributed by atoms with E-state index in [1.165, 1.54) is 22.3 Å². The third-order valence-corrected chi connectivity index (χ3v) is 13.4. The van der Waals surface area contributed by atoms with Gasteiger partial charge in [0.15, 0.2) is 23.0 Å². The molecule has 0 saturated heterocycles. The van der Waals surface area contributed by atoms with E-state index in [2.05, 4.69) is 174 Å². The summed E-state index contributed by atoms with van der Waals surface area (Å²) in [4.78, 5) is 9.64. The predicted molar refractivity (Wildman–Crippen MR) is 210 cm³/mol. The van der Waals surface area contributed by atoms with Crippen LogP contribution in [0.1, 0.15) is 68.7 Å². The van der Waals surface area contributed by atoms with Gasteiger partial charge in [-0.05, 0) is 150 Å². The first-order valence-corrected chi connectivity index (χ1v) is 19.2. The number of fused-ring (bicyclic) bond motifs is 2. The second-order valence-corrected chi connectivity index (χ2v) is 16.2. The molecule has 0 N–H and O–H groups in total. The topological polar surface area (TPSA) is 89.3 Å². The van der Waals surface area contributed by atoms with E-state index in [4.69, 9.17) is 19.5 Å². The molecule has 4 aromatic rings. The van der Waals surface area contributed by atoms with Crippen LogP contribution in [0.25, 0.3) is 0 Å². The van der Waals surface area contributed by atoms with Crippen molar-refractivity contribution in [1.29, 1.82) is 0 Å². The number of benzene rings is 4. The number of nitrogens with zero attached hydrogens (tertiary/aromatic N) is 2. The van der Waals surface area contributed by atoms with E-state index in [0.29, 0.717) is 41.2 Å². The monoisotopic (exact) mass is 1070 g/mol. The Bertz CT molecular complexity index is 1750. The average molecular weight is 1080 g/mol. The first-order valence-electron chi connectivity index (χ1n) is 14.5. The van der Waals surface area contributed by atoms with Gasteiger partial charge in [-0.15, -0.1) is 0 Å². The molecule has 0 bridgehead atoms. The SMILES string of the molecule is CC(C=Nc1c(C(C)C)cccc1C(C)C)=Nc1c(C)cccc1C.[Ni+2].[O-]c1c([O-])c(Br)c2c(c1Br)Oc1c(Br)c(Br)c(Br)c(Br)c1O2. The molecule has 0 aromatic heterocycles. The van der Waals surface area contributed by atoms with Crippen LogP contribution in [-0.2, 0) is 16.5 Å². The second-order valence-electron chi connectivity index (χ2n) is 11.4. The molecule has 5 rings (SSSR count). The molecule has 1 aliphatic heterocycles. The van der Waals surface area contributed by atoms with E-state index >= 15 is 0 Å². The van der Waals surface area contributed by atoms with Gasteiger partial charge in [-0.25, -0.2) is 0 Å². The Hall–Kier alpha value is -1.21. The van der Waals surface area contributed by atoms with Gasteiger partial charge in [-0.3, -0.25) is 9.98 Å². The van der Waals surface area contributed by atoms with Crippen molar-refractivity contribution in [2.24, 2.45) is 9.98 Å². The molecule has 0 unspecified atom stereocenters. The van der Waals surface area contributed by atoms with E-state index in [-0.39, 0.29) is 36.9 Å². The van der Waals surface area contributed by atoms with Gasteiger partial charge in [0, 0.05) is 6.21 Å². The van der Waals surface area contributed by atoms with Gasteiger partial charge >= 0.3 is 16.5 Å². The molecule has 256 valence electrons. The summed E-state index contributed by atoms with van der Waals surface area (Å²) in [5.41, 5.74) is 8.04. The summed E-state index contributed by atoms with van der Waals surface area (Å²) in [6.45, 7) is 15.1. The summed E-state index contributed by atoms with van der Waals surface area (Å²) in [6.07, 6.45) is 1.90. The minimum atomic E-state index is -0.705. The zero-order valence-corrected chi connectivity index (χ0v) is 37.3. The number of para-hydroxylation sites is 2. The van der Waals surface area contributed by atoms with Gasteiger partial charge in [0.25, 0.3) is 0 Å². The van der Waals surface area contributed by atoms with Gasteiger partial charge in [0.1, 0.15) is 0 Å². The van der Waals surface area contributed by atoms with E-state index in [1.54, 1.807) is 0 Å². The van der Waals surface area contributed by atoms with Crippen LogP contribution in [0.4, 0.5) is 11.4 Å². The summed E-state index contributed by atoms with van der Waals surface area (Å²) < 4.78 is 14.3. The summed E-state index contributed by atoms with van der Waals surface area (Å²) in [5, 5.41) is 23.8. The smallest absolute Gasteiger partial charge is 0.872 e. The van der Waals surface area contributed by atoms with Crippen LogP contribution in [0.5, 0.6) is 34.5 Å². The molecule has 1 aliphatic rings. The third-order valence-electron chi connectivity index (χ3n) is 7.25. The molecule has 1 heterocycles. The molecule has 0 aliphatic carbocycles. The number of hydrogen-bond donors (Lipinski definition) is 0. The summed E-state index contributed by atoms with van der Waals surface area (Å²) in [7, 11) is 0. The number of hydrogen-bond acceptors (Lipinski definition) is 6. The summed E-state index contributed by atoms with van der Waals surface area (Å²) in [5.74, 6) is 0.522. The van der Waals surface area contributed by atoms with Crippen molar-refractivity contribution in [2.75, 3.05) is 0 Å². The molecule has 4 aromatic carbocycles. The van der Waals surface area contributed by atoms with Gasteiger partial charge in [0.05, 0.1) is 43.9 Å². The van der Waals surface area contributed by atoms with E-state index in [0.717, 1.165) is 17.1 Å². The first kappa shape index (κ1) is 41.2. The molecule has 0 saturated carbocycles. The standard InChI is InChI=1S/C23H30N2.C12H2Br6O4.Ni/c1-15(2)20-12-9-13-21(16(3)4)23(20)24-14-19(7)25-22-17(5)10-8-11-18(22)6;13-1-2(14)4(16)10-9(3(1)15)21-11-5(17)7(19)8(20)6(18)12(11)22-10;/h8-16H,1-7H3;19-20H;/q;;+2/p-2. The Morgan fingerprint density at radius 2 is 1.00 bits per heavy atom. The minimum Gasteiger partial charge on any atom is -0.872 e. The van der Waals surface area contributed by atoms with Gasteiger partial charge in [0.2, 0.25) is 0 Å². The fraction of sp³-hybridized carbons (Fsp3) is 0.257. The van der Waals surface area contributed by atoms with Crippen molar-refractivity contribution in [3.63, 3.8) is 0 Å². The van der Waals surface area contributed by atoms with Crippen molar-refractivity contribution in [3.05, 3.63) is 85.5 Å². The van der Waals surface area contributed by atoms with Crippen LogP contribution in [0.15, 0.2) is 73.2 Å². The average Bonchev–Trinajstić information content (AvgIpc) is 3.04. The van der Waals surface area contributed by atoms with Crippen molar-refractivity contribution in [3.8, 4) is 34.5 Å². The molecule has 6 nitrogen and oxygen atoms in total. The largest absolute Gasteiger partial charge is 2.00 e. The number of halogens is 6. The fourth-order valence-corrected chi connectivity index (χ4v) is 7.86. The van der Waals surface area contributed by atoms with Crippen LogP contribution in [0, 0.1) is 13.8 Å². The zero-order chi connectivity index (χ0) is 34.9. The Kier molecular flexibility index (Phi) is 14.9. The maximum atomic E-state index is 11.9. The van der Waals surface area contributed by atoms with Crippen molar-refractivity contribution in [2.45, 2.75) is 60.3 Å². The molecule has 0 fully saturated rings. The van der Waals surface area contributed by atoms with Gasteiger partial charge < -0.3 is 19.7 Å². The second kappa shape index (κ2) is 17.3. The van der Waals surface area contributed by atoms with Crippen LogP contribution >= 0.6 is 95.6 Å². The van der Waals surface area contributed by atoms with Crippen LogP contribution in [0.3, 0.4) is 0 Å². The van der Waals surface area contributed by atoms with Gasteiger partial charge in [-0.2, -0.15) is 0 Å². The van der Waals surface area contributed by atoms with Crippen LogP contribution in [0.2, 0.25) is 0 Å². The van der Waals surface area contributed by atoms with E-state index in [9.17, 15) is 10.2 Å². The van der Waals surface area contributed by atoms with Crippen LogP contribution in [-0.4, -0.2) is 11.9 Å². The maximum Gasteiger partial charge on any atom is 2.00 e. The number of rotatable bonds is 5. The molecular formula is C35H30Br6N2NiO4.